The molecule has 5 nitrogen and oxygen atoms in total. The lowest BCUT2D eigenvalue weighted by Crippen LogP contribution is -2.20. The average Bonchev–Trinajstić information content (AvgIpc) is 3.36. The molecule has 4 rings (SSSR count). The Labute approximate surface area is 152 Å². The fraction of sp³-hybridized carbons (Fsp3) is 0.278. The van der Waals surface area contributed by atoms with Crippen LogP contribution in [-0.2, 0) is 11.3 Å². The number of nitrogens with zero attached hydrogens (tertiary/aromatic N) is 3. The summed E-state index contributed by atoms with van der Waals surface area (Å²) in [7, 11) is 0. The van der Waals surface area contributed by atoms with Crippen LogP contribution in [0.25, 0.3) is 11.0 Å². The number of aryl methyl sites for hydroxylation is 1. The molecule has 7 heteroatoms. The quantitative estimate of drug-likeness (QED) is 0.712. The van der Waals surface area contributed by atoms with E-state index in [1.54, 1.807) is 16.9 Å². The Bertz CT molecular complexity index is 981. The van der Waals surface area contributed by atoms with Crippen molar-refractivity contribution in [1.82, 2.24) is 14.8 Å². The highest BCUT2D eigenvalue weighted by molar-refractivity contribution is 9.10. The van der Waals surface area contributed by atoms with Gasteiger partial charge >= 0.3 is 0 Å². The van der Waals surface area contributed by atoms with Gasteiger partial charge in [-0.05, 0) is 55.5 Å². The van der Waals surface area contributed by atoms with Gasteiger partial charge in [0.05, 0.1) is 11.4 Å². The summed E-state index contributed by atoms with van der Waals surface area (Å²) < 4.78 is 16.1. The summed E-state index contributed by atoms with van der Waals surface area (Å²) in [6, 6.07) is 6.55. The molecule has 0 spiro atoms. The number of carbonyl (C=O) groups excluding carboxylic acids is 1. The lowest BCUT2D eigenvalue weighted by Gasteiger charge is -2.07. The fourth-order valence-corrected chi connectivity index (χ4v) is 3.40. The summed E-state index contributed by atoms with van der Waals surface area (Å²) in [6.07, 6.45) is 4.14. The SMILES string of the molecule is Cc1nn(CC(=O)Nc2ccc(Br)cc2F)c2nccc(C3CC3)c12. The number of anilines is 1. The predicted molar refractivity (Wildman–Crippen MR) is 97.0 cm³/mol. The number of hydrogen-bond donors (Lipinski definition) is 1. The van der Waals surface area contributed by atoms with Gasteiger partial charge in [-0.1, -0.05) is 15.9 Å². The molecule has 0 radical (unpaired) electrons. The second kappa shape index (κ2) is 6.22. The number of carbonyl (C=O) groups is 1. The molecule has 0 unspecified atom stereocenters. The maximum Gasteiger partial charge on any atom is 0.246 e. The summed E-state index contributed by atoms with van der Waals surface area (Å²) in [5.41, 5.74) is 2.97. The van der Waals surface area contributed by atoms with Gasteiger partial charge in [-0.2, -0.15) is 5.10 Å². The molecular formula is C18H16BrFN4O. The minimum atomic E-state index is -0.488. The molecule has 1 N–H and O–H groups in total. The van der Waals surface area contributed by atoms with Crippen LogP contribution < -0.4 is 5.32 Å². The molecule has 25 heavy (non-hydrogen) atoms. The maximum absolute atomic E-state index is 13.9. The largest absolute Gasteiger partial charge is 0.322 e. The van der Waals surface area contributed by atoms with Crippen molar-refractivity contribution in [2.24, 2.45) is 0 Å². The van der Waals surface area contributed by atoms with Crippen LogP contribution in [-0.4, -0.2) is 20.7 Å². The van der Waals surface area contributed by atoms with E-state index in [4.69, 9.17) is 0 Å². The van der Waals surface area contributed by atoms with Gasteiger partial charge in [0.2, 0.25) is 5.91 Å². The number of halogens is 2. The first kappa shape index (κ1) is 16.2. The Hall–Kier alpha value is -2.28. The Kier molecular flexibility index (Phi) is 4.03. The third-order valence-electron chi connectivity index (χ3n) is 4.36. The molecule has 0 bridgehead atoms. The zero-order chi connectivity index (χ0) is 17.6. The molecule has 1 saturated carbocycles. The lowest BCUT2D eigenvalue weighted by molar-refractivity contribution is -0.116. The summed E-state index contributed by atoms with van der Waals surface area (Å²) >= 11 is 3.19. The standard InChI is InChI=1S/C18H16BrFN4O/c1-10-17-13(11-2-3-11)6-7-21-18(17)24(23-10)9-16(25)22-15-5-4-12(19)8-14(15)20/h4-8,11H,2-3,9H2,1H3,(H,22,25). The highest BCUT2D eigenvalue weighted by Gasteiger charge is 2.27. The summed E-state index contributed by atoms with van der Waals surface area (Å²) in [5, 5.41) is 8.09. The maximum atomic E-state index is 13.9. The van der Waals surface area contributed by atoms with Crippen LogP contribution in [0.2, 0.25) is 0 Å². The lowest BCUT2D eigenvalue weighted by atomic mass is 10.1. The van der Waals surface area contributed by atoms with Gasteiger partial charge in [-0.15, -0.1) is 0 Å². The predicted octanol–water partition coefficient (Wildman–Crippen LogP) is 4.16. The van der Waals surface area contributed by atoms with Crippen molar-refractivity contribution in [3.63, 3.8) is 0 Å². The van der Waals surface area contributed by atoms with E-state index in [2.05, 4.69) is 31.3 Å². The Morgan fingerprint density at radius 1 is 1.40 bits per heavy atom. The molecule has 3 aromatic rings. The summed E-state index contributed by atoms with van der Waals surface area (Å²) in [6.45, 7) is 1.92. The first-order chi connectivity index (χ1) is 12.0. The summed E-state index contributed by atoms with van der Waals surface area (Å²) in [5.74, 6) is -0.254. The van der Waals surface area contributed by atoms with Crippen LogP contribution in [0.4, 0.5) is 10.1 Å². The van der Waals surface area contributed by atoms with Crippen molar-refractivity contribution in [1.29, 1.82) is 0 Å². The van der Waals surface area contributed by atoms with E-state index < -0.39 is 5.82 Å². The van der Waals surface area contributed by atoms with Gasteiger partial charge in [0.25, 0.3) is 0 Å². The molecule has 0 saturated heterocycles. The molecule has 0 atom stereocenters. The van der Waals surface area contributed by atoms with E-state index in [0.29, 0.717) is 16.0 Å². The molecule has 1 fully saturated rings. The number of rotatable bonds is 4. The number of amides is 1. The Morgan fingerprint density at radius 3 is 2.92 bits per heavy atom. The molecule has 1 aromatic carbocycles. The van der Waals surface area contributed by atoms with E-state index in [9.17, 15) is 9.18 Å². The van der Waals surface area contributed by atoms with Crippen molar-refractivity contribution in [3.8, 4) is 0 Å². The van der Waals surface area contributed by atoms with Crippen LogP contribution in [0.1, 0.15) is 30.0 Å². The van der Waals surface area contributed by atoms with Crippen molar-refractivity contribution < 1.29 is 9.18 Å². The van der Waals surface area contributed by atoms with Gasteiger partial charge in [-0.25, -0.2) is 14.1 Å². The smallest absolute Gasteiger partial charge is 0.246 e. The normalized spacial score (nSPS) is 14.0. The average molecular weight is 403 g/mol. The second-order valence-corrected chi connectivity index (χ2v) is 7.20. The van der Waals surface area contributed by atoms with Crippen molar-refractivity contribution in [3.05, 3.63) is 52.0 Å². The fourth-order valence-electron chi connectivity index (χ4n) is 3.07. The van der Waals surface area contributed by atoms with Crippen LogP contribution >= 0.6 is 15.9 Å². The van der Waals surface area contributed by atoms with Crippen LogP contribution in [0.5, 0.6) is 0 Å². The first-order valence-electron chi connectivity index (χ1n) is 8.10. The third kappa shape index (κ3) is 3.16. The number of pyridine rings is 1. The van der Waals surface area contributed by atoms with Crippen molar-refractivity contribution in [2.45, 2.75) is 32.2 Å². The zero-order valence-electron chi connectivity index (χ0n) is 13.6. The number of benzene rings is 1. The van der Waals surface area contributed by atoms with Crippen LogP contribution in [0, 0.1) is 12.7 Å². The number of hydrogen-bond acceptors (Lipinski definition) is 3. The van der Waals surface area contributed by atoms with Gasteiger partial charge in [0.1, 0.15) is 12.4 Å². The Morgan fingerprint density at radius 2 is 2.20 bits per heavy atom. The van der Waals surface area contributed by atoms with Crippen molar-refractivity contribution >= 4 is 38.6 Å². The number of fused-ring (bicyclic) bond motifs is 1. The molecule has 2 heterocycles. The van der Waals surface area contributed by atoms with E-state index in [1.807, 2.05) is 13.0 Å². The monoisotopic (exact) mass is 402 g/mol. The first-order valence-corrected chi connectivity index (χ1v) is 8.89. The molecule has 1 aliphatic carbocycles. The number of aromatic nitrogens is 3. The molecule has 2 aromatic heterocycles. The van der Waals surface area contributed by atoms with Gasteiger partial charge in [0.15, 0.2) is 5.65 Å². The molecular weight excluding hydrogens is 387 g/mol. The highest BCUT2D eigenvalue weighted by atomic mass is 79.9. The highest BCUT2D eigenvalue weighted by Crippen LogP contribution is 2.43. The van der Waals surface area contributed by atoms with E-state index in [0.717, 1.165) is 11.1 Å². The van der Waals surface area contributed by atoms with Gasteiger partial charge < -0.3 is 5.32 Å². The topological polar surface area (TPSA) is 59.8 Å². The van der Waals surface area contributed by atoms with Gasteiger partial charge in [-0.3, -0.25) is 4.79 Å². The minimum absolute atomic E-state index is 0.0129. The number of nitrogens with one attached hydrogen (secondary N) is 1. The zero-order valence-corrected chi connectivity index (χ0v) is 15.2. The van der Waals surface area contributed by atoms with Crippen LogP contribution in [0.3, 0.4) is 0 Å². The second-order valence-electron chi connectivity index (χ2n) is 6.29. The third-order valence-corrected chi connectivity index (χ3v) is 4.85. The van der Waals surface area contributed by atoms with Gasteiger partial charge in [0, 0.05) is 16.1 Å². The Balaban J connectivity index is 1.60. The molecule has 0 aliphatic heterocycles. The van der Waals surface area contributed by atoms with E-state index in [-0.39, 0.29) is 18.1 Å². The molecule has 1 amide bonds. The minimum Gasteiger partial charge on any atom is -0.322 e. The molecule has 1 aliphatic rings. The van der Waals surface area contributed by atoms with E-state index >= 15 is 0 Å². The summed E-state index contributed by atoms with van der Waals surface area (Å²) in [4.78, 5) is 16.7. The molecule has 128 valence electrons. The van der Waals surface area contributed by atoms with Crippen LogP contribution in [0.15, 0.2) is 34.9 Å². The van der Waals surface area contributed by atoms with E-state index in [1.165, 1.54) is 30.5 Å². The van der Waals surface area contributed by atoms with Crippen molar-refractivity contribution in [2.75, 3.05) is 5.32 Å².